The van der Waals surface area contributed by atoms with Crippen molar-refractivity contribution in [2.45, 2.75) is 6.92 Å². The fourth-order valence-corrected chi connectivity index (χ4v) is 1.82. The Hall–Kier alpha value is -1.58. The highest BCUT2D eigenvalue weighted by Crippen LogP contribution is 2.13. The van der Waals surface area contributed by atoms with Gasteiger partial charge in [-0.05, 0) is 30.7 Å². The zero-order valence-electron chi connectivity index (χ0n) is 9.82. The van der Waals surface area contributed by atoms with E-state index in [1.807, 2.05) is 13.0 Å². The van der Waals surface area contributed by atoms with Crippen LogP contribution >= 0.6 is 0 Å². The van der Waals surface area contributed by atoms with Gasteiger partial charge >= 0.3 is 0 Å². The summed E-state index contributed by atoms with van der Waals surface area (Å²) in [6.45, 7) is 2.69. The molecule has 0 aromatic heterocycles. The number of nitriles is 1. The van der Waals surface area contributed by atoms with Crippen LogP contribution in [0.5, 0.6) is 0 Å². The van der Waals surface area contributed by atoms with Gasteiger partial charge in [-0.2, -0.15) is 5.26 Å². The van der Waals surface area contributed by atoms with Gasteiger partial charge in [0.2, 0.25) is 10.0 Å². The molecule has 0 aliphatic carbocycles. The monoisotopic (exact) mass is 253 g/mol. The molecule has 0 amide bonds. The number of aryl methyl sites for hydroxylation is 1. The predicted molar refractivity (Wildman–Crippen MR) is 67.2 cm³/mol. The second-order valence-electron chi connectivity index (χ2n) is 3.73. The summed E-state index contributed by atoms with van der Waals surface area (Å²) in [5, 5.41) is 11.8. The maximum absolute atomic E-state index is 10.8. The number of anilines is 1. The van der Waals surface area contributed by atoms with Crippen LogP contribution in [0.15, 0.2) is 18.2 Å². The van der Waals surface area contributed by atoms with Crippen LogP contribution in [0.1, 0.15) is 11.1 Å². The Balaban J connectivity index is 2.48. The Morgan fingerprint density at radius 3 is 2.59 bits per heavy atom. The lowest BCUT2D eigenvalue weighted by Crippen LogP contribution is -2.27. The average Bonchev–Trinajstić information content (AvgIpc) is 2.23. The van der Waals surface area contributed by atoms with E-state index < -0.39 is 10.0 Å². The van der Waals surface area contributed by atoms with Crippen LogP contribution in [0, 0.1) is 18.3 Å². The van der Waals surface area contributed by atoms with Crippen LogP contribution in [0.4, 0.5) is 5.69 Å². The second-order valence-corrected chi connectivity index (χ2v) is 5.57. The zero-order chi connectivity index (χ0) is 12.9. The lowest BCUT2D eigenvalue weighted by molar-refractivity contribution is 0.589. The third kappa shape index (κ3) is 4.85. The third-order valence-electron chi connectivity index (χ3n) is 2.17. The number of nitrogens with one attached hydrogen (secondary N) is 2. The zero-order valence-corrected chi connectivity index (χ0v) is 10.6. The van der Waals surface area contributed by atoms with E-state index in [1.165, 1.54) is 0 Å². The van der Waals surface area contributed by atoms with Crippen molar-refractivity contribution in [1.82, 2.24) is 4.72 Å². The number of benzene rings is 1. The summed E-state index contributed by atoms with van der Waals surface area (Å²) in [6, 6.07) is 7.49. The van der Waals surface area contributed by atoms with E-state index in [1.54, 1.807) is 12.1 Å². The van der Waals surface area contributed by atoms with Crippen molar-refractivity contribution < 1.29 is 8.42 Å². The van der Waals surface area contributed by atoms with Gasteiger partial charge in [-0.25, -0.2) is 13.1 Å². The molecule has 0 saturated carbocycles. The molecular formula is C11H15N3O2S. The molecule has 0 bridgehead atoms. The smallest absolute Gasteiger partial charge is 0.208 e. The number of sulfonamides is 1. The summed E-state index contributed by atoms with van der Waals surface area (Å²) >= 11 is 0. The van der Waals surface area contributed by atoms with Crippen molar-refractivity contribution in [1.29, 1.82) is 5.26 Å². The van der Waals surface area contributed by atoms with Gasteiger partial charge in [-0.3, -0.25) is 0 Å². The van der Waals surface area contributed by atoms with E-state index in [9.17, 15) is 8.42 Å². The molecule has 0 aliphatic heterocycles. The van der Waals surface area contributed by atoms with Crippen molar-refractivity contribution in [3.05, 3.63) is 29.3 Å². The quantitative estimate of drug-likeness (QED) is 0.761. The van der Waals surface area contributed by atoms with Crippen molar-refractivity contribution in [3.8, 4) is 6.07 Å². The molecule has 0 saturated heterocycles. The summed E-state index contributed by atoms with van der Waals surface area (Å²) < 4.78 is 24.0. The molecular weight excluding hydrogens is 238 g/mol. The summed E-state index contributed by atoms with van der Waals surface area (Å²) in [5.41, 5.74) is 2.41. The molecule has 92 valence electrons. The fraction of sp³-hybridized carbons (Fsp3) is 0.364. The Bertz CT molecular complexity index is 532. The predicted octanol–water partition coefficient (Wildman–Crippen LogP) is 0.828. The van der Waals surface area contributed by atoms with Gasteiger partial charge in [0.05, 0.1) is 17.9 Å². The minimum atomic E-state index is -3.13. The molecule has 0 heterocycles. The first-order chi connectivity index (χ1) is 7.92. The maximum atomic E-state index is 10.8. The molecule has 1 rings (SSSR count). The molecule has 2 N–H and O–H groups in total. The van der Waals surface area contributed by atoms with Gasteiger partial charge in [0.15, 0.2) is 0 Å². The van der Waals surface area contributed by atoms with Gasteiger partial charge in [0, 0.05) is 18.8 Å². The standard InChI is InChI=1S/C11H15N3O2S/c1-9-7-11(4-3-10(9)8-12)13-5-6-14-17(2,15)16/h3-4,7,13-14H,5-6H2,1-2H3. The molecule has 0 unspecified atom stereocenters. The summed E-state index contributed by atoms with van der Waals surface area (Å²) in [4.78, 5) is 0. The minimum Gasteiger partial charge on any atom is -0.384 e. The number of rotatable bonds is 5. The average molecular weight is 253 g/mol. The summed E-state index contributed by atoms with van der Waals surface area (Å²) in [7, 11) is -3.13. The van der Waals surface area contributed by atoms with Gasteiger partial charge < -0.3 is 5.32 Å². The summed E-state index contributed by atoms with van der Waals surface area (Å²) in [5.74, 6) is 0. The van der Waals surface area contributed by atoms with Crippen LogP contribution in [-0.2, 0) is 10.0 Å². The van der Waals surface area contributed by atoms with Gasteiger partial charge in [-0.1, -0.05) is 0 Å². The molecule has 0 fully saturated rings. The number of hydrogen-bond acceptors (Lipinski definition) is 4. The van der Waals surface area contributed by atoms with E-state index in [0.29, 0.717) is 18.7 Å². The number of nitrogens with zero attached hydrogens (tertiary/aromatic N) is 1. The normalized spacial score (nSPS) is 10.9. The second kappa shape index (κ2) is 5.66. The lowest BCUT2D eigenvalue weighted by atomic mass is 10.1. The minimum absolute atomic E-state index is 0.331. The molecule has 0 spiro atoms. The molecule has 0 aliphatic rings. The molecule has 1 aromatic rings. The third-order valence-corrected chi connectivity index (χ3v) is 2.89. The van der Waals surface area contributed by atoms with Crippen LogP contribution in [0.2, 0.25) is 0 Å². The maximum Gasteiger partial charge on any atom is 0.208 e. The summed E-state index contributed by atoms with van der Waals surface area (Å²) in [6.07, 6.45) is 1.12. The molecule has 17 heavy (non-hydrogen) atoms. The molecule has 5 nitrogen and oxygen atoms in total. The number of hydrogen-bond donors (Lipinski definition) is 2. The van der Waals surface area contributed by atoms with Crippen LogP contribution < -0.4 is 10.0 Å². The van der Waals surface area contributed by atoms with E-state index in [-0.39, 0.29) is 0 Å². The highest BCUT2D eigenvalue weighted by molar-refractivity contribution is 7.88. The SMILES string of the molecule is Cc1cc(NCCNS(C)(=O)=O)ccc1C#N. The molecule has 6 heteroatoms. The van der Waals surface area contributed by atoms with E-state index >= 15 is 0 Å². The first-order valence-corrected chi connectivity index (χ1v) is 7.01. The molecule has 0 radical (unpaired) electrons. The van der Waals surface area contributed by atoms with Crippen molar-refractivity contribution >= 4 is 15.7 Å². The Morgan fingerprint density at radius 2 is 2.06 bits per heavy atom. The Kier molecular flexibility index (Phi) is 4.49. The topological polar surface area (TPSA) is 82.0 Å². The fourth-order valence-electron chi connectivity index (χ4n) is 1.34. The van der Waals surface area contributed by atoms with Crippen molar-refractivity contribution in [3.63, 3.8) is 0 Å². The van der Waals surface area contributed by atoms with Gasteiger partial charge in [0.1, 0.15) is 0 Å². The first-order valence-electron chi connectivity index (χ1n) is 5.11. The lowest BCUT2D eigenvalue weighted by Gasteiger charge is -2.08. The van der Waals surface area contributed by atoms with E-state index in [2.05, 4.69) is 16.1 Å². The van der Waals surface area contributed by atoms with Crippen LogP contribution in [0.3, 0.4) is 0 Å². The van der Waals surface area contributed by atoms with Gasteiger partial charge in [0.25, 0.3) is 0 Å². The van der Waals surface area contributed by atoms with Crippen molar-refractivity contribution in [2.24, 2.45) is 0 Å². The van der Waals surface area contributed by atoms with Crippen LogP contribution in [0.25, 0.3) is 0 Å². The highest BCUT2D eigenvalue weighted by atomic mass is 32.2. The van der Waals surface area contributed by atoms with E-state index in [0.717, 1.165) is 17.5 Å². The highest BCUT2D eigenvalue weighted by Gasteiger charge is 2.00. The van der Waals surface area contributed by atoms with E-state index in [4.69, 9.17) is 5.26 Å². The first kappa shape index (κ1) is 13.5. The van der Waals surface area contributed by atoms with Gasteiger partial charge in [-0.15, -0.1) is 0 Å². The van der Waals surface area contributed by atoms with Crippen molar-refractivity contribution in [2.75, 3.05) is 24.7 Å². The van der Waals surface area contributed by atoms with Crippen LogP contribution in [-0.4, -0.2) is 27.8 Å². The molecule has 1 aromatic carbocycles. The largest absolute Gasteiger partial charge is 0.384 e. The Labute approximate surface area is 102 Å². The molecule has 0 atom stereocenters. The Morgan fingerprint density at radius 1 is 1.35 bits per heavy atom.